The Bertz CT molecular complexity index is 3240. The van der Waals surface area contributed by atoms with Gasteiger partial charge in [0, 0.05) is 75.5 Å². The van der Waals surface area contributed by atoms with Crippen molar-refractivity contribution in [2.45, 2.75) is 69.7 Å². The molecule has 74 heavy (non-hydrogen) atoms. The van der Waals surface area contributed by atoms with Gasteiger partial charge in [0.25, 0.3) is 41.7 Å². The molecule has 0 saturated carbocycles. The van der Waals surface area contributed by atoms with E-state index in [0.717, 1.165) is 46.9 Å². The monoisotopic (exact) mass is 1140 g/mol. The predicted molar refractivity (Wildman–Crippen MR) is 279 cm³/mol. The van der Waals surface area contributed by atoms with Crippen molar-refractivity contribution in [2.24, 2.45) is 0 Å². The molecule has 8 rings (SSSR count). The molecule has 4 N–H and O–H groups in total. The molecule has 0 atom stereocenters. The molecule has 6 aromatic rings. The maximum atomic E-state index is 13.2. The summed E-state index contributed by atoms with van der Waals surface area (Å²) in [5.74, 6) is 0.588. The standard InChI is InChI=1S/C25H26F3N3O6S3.C24H26ClN3O4S2/c1-37-20-4-2-3-17(15-20)24(32)29-16-21-7-10-23(38-21)40(35,36)31-13-11-19(12-14-31)30-18-5-8-22(9-6-18)39(33,34)25(26,27)28;1-32-21-4-2-3-17(15-21)24(29)26-16-22-9-10-23(33-22)34(30,31)28-13-11-20(12-14-28)27-19-7-5-18(25)6-8-19/h2-10,15,19,30H,11-14,16H2,1H3,(H,29,32);2-10,15,20,27H,11-14,16H2,1H3,(H,26,29). The summed E-state index contributed by atoms with van der Waals surface area (Å²) in [5.41, 5.74) is -3.07. The summed E-state index contributed by atoms with van der Waals surface area (Å²) in [6.07, 6.45) is 2.32. The van der Waals surface area contributed by atoms with Crippen LogP contribution in [-0.4, -0.2) is 104 Å². The number of methoxy groups -OCH3 is 2. The zero-order chi connectivity index (χ0) is 53.3. The molecule has 16 nitrogen and oxygen atoms in total. The Hall–Kier alpha value is -5.73. The van der Waals surface area contributed by atoms with Crippen LogP contribution in [0, 0.1) is 0 Å². The Morgan fingerprint density at radius 2 is 0.986 bits per heavy atom. The van der Waals surface area contributed by atoms with Crippen LogP contribution in [0.25, 0.3) is 0 Å². The van der Waals surface area contributed by atoms with Crippen molar-refractivity contribution < 1.29 is 57.5 Å². The molecule has 2 aliphatic heterocycles. The number of alkyl halides is 3. The van der Waals surface area contributed by atoms with E-state index in [-0.39, 0.29) is 54.3 Å². The van der Waals surface area contributed by atoms with Crippen molar-refractivity contribution in [3.63, 3.8) is 0 Å². The van der Waals surface area contributed by atoms with Crippen molar-refractivity contribution in [3.05, 3.63) is 147 Å². The van der Waals surface area contributed by atoms with E-state index in [9.17, 15) is 48.0 Å². The Balaban J connectivity index is 0.000000219. The quantitative estimate of drug-likeness (QED) is 0.0675. The Morgan fingerprint density at radius 1 is 0.595 bits per heavy atom. The molecule has 0 bridgehead atoms. The lowest BCUT2D eigenvalue weighted by Gasteiger charge is -2.31. The minimum atomic E-state index is -5.42. The number of piperidine rings is 2. The first-order chi connectivity index (χ1) is 35.2. The summed E-state index contributed by atoms with van der Waals surface area (Å²) in [4.78, 5) is 25.4. The minimum absolute atomic E-state index is 0.151. The molecule has 4 heterocycles. The number of hydrogen-bond donors (Lipinski definition) is 4. The summed E-state index contributed by atoms with van der Waals surface area (Å²) >= 11 is 8.19. The van der Waals surface area contributed by atoms with Gasteiger partial charge in [-0.3, -0.25) is 9.59 Å². The molecule has 2 fully saturated rings. The smallest absolute Gasteiger partial charge is 0.497 e. The fourth-order valence-electron chi connectivity index (χ4n) is 7.87. The highest BCUT2D eigenvalue weighted by molar-refractivity contribution is 7.92. The number of nitrogens with one attached hydrogen (secondary N) is 4. The number of nitrogens with zero attached hydrogens (tertiary/aromatic N) is 2. The molecule has 2 aliphatic rings. The number of carbonyl (C=O) groups excluding carboxylic acids is 2. The lowest BCUT2D eigenvalue weighted by Crippen LogP contribution is -2.42. The molecule has 2 aromatic heterocycles. The molecular formula is C49H52ClF3N6O10S5. The fourth-order valence-corrected chi connectivity index (χ4v) is 14.6. The fraction of sp³-hybridized carbons (Fsp3) is 0.306. The van der Waals surface area contributed by atoms with E-state index in [4.69, 9.17) is 21.1 Å². The normalized spacial score (nSPS) is 15.3. The highest BCUT2D eigenvalue weighted by atomic mass is 35.5. The van der Waals surface area contributed by atoms with Gasteiger partial charge in [-0.1, -0.05) is 23.7 Å². The van der Waals surface area contributed by atoms with Crippen molar-refractivity contribution in [3.8, 4) is 11.5 Å². The highest BCUT2D eigenvalue weighted by Gasteiger charge is 2.46. The first-order valence-corrected chi connectivity index (χ1v) is 29.3. The van der Waals surface area contributed by atoms with Gasteiger partial charge in [-0.2, -0.15) is 21.8 Å². The third kappa shape index (κ3) is 14.1. The number of hydrogen-bond acceptors (Lipinski definition) is 14. The largest absolute Gasteiger partial charge is 0.501 e. The SMILES string of the molecule is COc1cccc(C(=O)NCc2ccc(S(=O)(=O)N3CCC(Nc4ccc(Cl)cc4)CC3)s2)c1.COc1cccc(C(=O)NCc2ccc(S(=O)(=O)N3CCC(Nc4ccc(S(=O)(=O)C(F)(F)F)cc4)CC3)s2)c1. The lowest BCUT2D eigenvalue weighted by atomic mass is 10.1. The number of sulfonamides is 2. The van der Waals surface area contributed by atoms with Crippen LogP contribution < -0.4 is 30.7 Å². The van der Waals surface area contributed by atoms with Crippen molar-refractivity contribution in [1.29, 1.82) is 0 Å². The lowest BCUT2D eigenvalue weighted by molar-refractivity contribution is -0.0436. The van der Waals surface area contributed by atoms with Gasteiger partial charge >= 0.3 is 5.51 Å². The van der Waals surface area contributed by atoms with Crippen LogP contribution >= 0.6 is 34.3 Å². The molecule has 0 radical (unpaired) electrons. The maximum absolute atomic E-state index is 13.2. The molecule has 0 aliphatic carbocycles. The van der Waals surface area contributed by atoms with Gasteiger partial charge < -0.3 is 30.7 Å². The Kier molecular flexibility index (Phi) is 18.4. The van der Waals surface area contributed by atoms with Gasteiger partial charge in [0.05, 0.1) is 32.2 Å². The van der Waals surface area contributed by atoms with E-state index in [1.54, 1.807) is 73.8 Å². The van der Waals surface area contributed by atoms with Crippen LogP contribution in [0.5, 0.6) is 11.5 Å². The number of benzene rings is 4. The topological polar surface area (TPSA) is 210 Å². The van der Waals surface area contributed by atoms with Gasteiger partial charge in [-0.15, -0.1) is 22.7 Å². The number of ether oxygens (including phenoxy) is 2. The molecule has 0 spiro atoms. The third-order valence-corrected chi connectivity index (χ3v) is 20.6. The summed E-state index contributed by atoms with van der Waals surface area (Å²) in [6, 6.07) is 31.9. The number of rotatable bonds is 17. The maximum Gasteiger partial charge on any atom is 0.501 e. The van der Waals surface area contributed by atoms with Gasteiger partial charge in [0.2, 0.25) is 0 Å². The second kappa shape index (κ2) is 24.3. The van der Waals surface area contributed by atoms with Gasteiger partial charge in [0.1, 0.15) is 19.9 Å². The van der Waals surface area contributed by atoms with E-state index >= 15 is 0 Å². The predicted octanol–water partition coefficient (Wildman–Crippen LogP) is 8.85. The van der Waals surface area contributed by atoms with Crippen LogP contribution in [0.1, 0.15) is 56.2 Å². The number of halogens is 4. The summed E-state index contributed by atoms with van der Waals surface area (Å²) in [7, 11) is -9.69. The number of sulfone groups is 1. The first-order valence-electron chi connectivity index (χ1n) is 22.9. The van der Waals surface area contributed by atoms with E-state index in [2.05, 4.69) is 21.3 Å². The van der Waals surface area contributed by atoms with Gasteiger partial charge in [0.15, 0.2) is 0 Å². The molecule has 2 saturated heterocycles. The van der Waals surface area contributed by atoms with Crippen molar-refractivity contribution >= 4 is 87.3 Å². The molecule has 0 unspecified atom stereocenters. The highest BCUT2D eigenvalue weighted by Crippen LogP contribution is 2.33. The van der Waals surface area contributed by atoms with Crippen molar-refractivity contribution in [1.82, 2.24) is 19.2 Å². The molecular weight excluding hydrogens is 1090 g/mol. The van der Waals surface area contributed by atoms with Gasteiger partial charge in [-0.25, -0.2) is 25.3 Å². The number of carbonyl (C=O) groups is 2. The zero-order valence-electron chi connectivity index (χ0n) is 39.8. The summed E-state index contributed by atoms with van der Waals surface area (Å²) in [5, 5.41) is 12.9. The van der Waals surface area contributed by atoms with Crippen molar-refractivity contribution in [2.75, 3.05) is 51.0 Å². The van der Waals surface area contributed by atoms with Crippen LogP contribution in [-0.2, 0) is 43.0 Å². The average Bonchev–Trinajstić information content (AvgIpc) is 4.10. The summed E-state index contributed by atoms with van der Waals surface area (Å²) in [6.45, 7) is 1.76. The van der Waals surface area contributed by atoms with E-state index in [0.29, 0.717) is 68.4 Å². The van der Waals surface area contributed by atoms with Gasteiger partial charge in [-0.05, 0) is 135 Å². The number of amides is 2. The van der Waals surface area contributed by atoms with Crippen LogP contribution in [0.2, 0.25) is 5.02 Å². The van der Waals surface area contributed by atoms with E-state index in [1.807, 2.05) is 24.3 Å². The number of thiophene rings is 2. The second-order valence-electron chi connectivity index (χ2n) is 16.9. The summed E-state index contributed by atoms with van der Waals surface area (Å²) < 4.78 is 127. The third-order valence-electron chi connectivity index (χ3n) is 11.9. The van der Waals surface area contributed by atoms with E-state index < -0.39 is 40.3 Å². The average molecular weight is 1140 g/mol. The zero-order valence-corrected chi connectivity index (χ0v) is 44.6. The first kappa shape index (κ1) is 56.0. The van der Waals surface area contributed by atoms with Crippen LogP contribution in [0.4, 0.5) is 24.5 Å². The minimum Gasteiger partial charge on any atom is -0.497 e. The molecule has 2 amide bonds. The number of anilines is 2. The van der Waals surface area contributed by atoms with Crippen LogP contribution in [0.15, 0.2) is 135 Å². The van der Waals surface area contributed by atoms with Crippen LogP contribution in [0.3, 0.4) is 0 Å². The molecule has 4 aromatic carbocycles. The molecule has 25 heteroatoms. The van der Waals surface area contributed by atoms with E-state index in [1.165, 1.54) is 45.3 Å². The Labute approximate surface area is 440 Å². The molecule has 396 valence electrons. The second-order valence-corrected chi connectivity index (χ2v) is 25.9. The Morgan fingerprint density at radius 3 is 1.36 bits per heavy atom.